The number of benzene rings is 1. The smallest absolute Gasteiger partial charge is 0.0960 e. The second-order valence-electron chi connectivity index (χ2n) is 4.93. The number of hydrogen-bond donors (Lipinski definition) is 1. The van der Waals surface area contributed by atoms with E-state index in [2.05, 4.69) is 29.5 Å². The van der Waals surface area contributed by atoms with Crippen LogP contribution in [0.4, 0.5) is 0 Å². The Balaban J connectivity index is 1.85. The van der Waals surface area contributed by atoms with Gasteiger partial charge >= 0.3 is 0 Å². The van der Waals surface area contributed by atoms with Gasteiger partial charge in [0.1, 0.15) is 0 Å². The maximum atomic E-state index is 5.93. The molecule has 17 heavy (non-hydrogen) atoms. The molecule has 1 saturated heterocycles. The van der Waals surface area contributed by atoms with Gasteiger partial charge in [-0.15, -0.1) is 0 Å². The molecule has 0 saturated carbocycles. The fraction of sp³-hybridized carbons (Fsp3) is 0.462. The third kappa shape index (κ3) is 1.83. The van der Waals surface area contributed by atoms with Crippen LogP contribution in [-0.4, -0.2) is 28.5 Å². The summed E-state index contributed by atoms with van der Waals surface area (Å²) in [6.45, 7) is 4.57. The van der Waals surface area contributed by atoms with E-state index >= 15 is 0 Å². The molecule has 1 fully saturated rings. The number of aryl methyl sites for hydroxylation is 1. The van der Waals surface area contributed by atoms with Gasteiger partial charge in [0.15, 0.2) is 0 Å². The zero-order chi connectivity index (χ0) is 11.9. The highest BCUT2D eigenvalue weighted by Gasteiger charge is 2.32. The number of nitrogens with one attached hydrogen (secondary N) is 1. The Morgan fingerprint density at radius 3 is 2.88 bits per heavy atom. The number of para-hydroxylation sites is 1. The number of ether oxygens (including phenoxy) is 1. The molecule has 90 valence electrons. The molecule has 1 aliphatic rings. The molecule has 0 atom stereocenters. The van der Waals surface area contributed by atoms with Crippen molar-refractivity contribution in [1.29, 1.82) is 0 Å². The van der Waals surface area contributed by atoms with Crippen LogP contribution in [0, 0.1) is 0 Å². The van der Waals surface area contributed by atoms with Gasteiger partial charge in [-0.25, -0.2) is 0 Å². The molecule has 0 unspecified atom stereocenters. The molecule has 2 aromatic rings. The summed E-state index contributed by atoms with van der Waals surface area (Å²) in [5.41, 5.74) is 2.16. The van der Waals surface area contributed by atoms with E-state index in [1.165, 1.54) is 5.39 Å². The number of hydrogen-bond acceptors (Lipinski definition) is 3. The lowest BCUT2D eigenvalue weighted by molar-refractivity contribution is -0.0775. The molecular weight excluding hydrogens is 214 g/mol. The lowest BCUT2D eigenvalue weighted by atomic mass is 10.0. The lowest BCUT2D eigenvalue weighted by Crippen LogP contribution is -2.58. The standard InChI is InChI=1S/C13H17N3O/c1-13(8-14-9-13)17-7-11-10-5-3-4-6-12(10)16(2)15-11/h3-6,14H,7-9H2,1-2H3. The Morgan fingerprint density at radius 1 is 1.41 bits per heavy atom. The third-order valence-electron chi connectivity index (χ3n) is 3.39. The highest BCUT2D eigenvalue weighted by atomic mass is 16.5. The first kappa shape index (κ1) is 10.7. The van der Waals surface area contributed by atoms with Crippen molar-refractivity contribution in [1.82, 2.24) is 15.1 Å². The van der Waals surface area contributed by atoms with Crippen molar-refractivity contribution in [2.24, 2.45) is 7.05 Å². The van der Waals surface area contributed by atoms with Crippen molar-refractivity contribution >= 4 is 10.9 Å². The zero-order valence-electron chi connectivity index (χ0n) is 10.2. The van der Waals surface area contributed by atoms with Gasteiger partial charge in [-0.05, 0) is 13.0 Å². The minimum atomic E-state index is -0.0153. The number of nitrogens with zero attached hydrogens (tertiary/aromatic N) is 2. The second-order valence-corrected chi connectivity index (χ2v) is 4.93. The van der Waals surface area contributed by atoms with Crippen LogP contribution in [0.5, 0.6) is 0 Å². The SMILES string of the molecule is Cn1nc(COC2(C)CNC2)c2ccccc21. The summed E-state index contributed by atoms with van der Waals surface area (Å²) in [4.78, 5) is 0. The van der Waals surface area contributed by atoms with Crippen LogP contribution in [0.1, 0.15) is 12.6 Å². The van der Waals surface area contributed by atoms with Gasteiger partial charge in [0.05, 0.1) is 23.4 Å². The van der Waals surface area contributed by atoms with Gasteiger partial charge in [0, 0.05) is 25.5 Å². The van der Waals surface area contributed by atoms with E-state index in [9.17, 15) is 0 Å². The van der Waals surface area contributed by atoms with Crippen LogP contribution in [0.15, 0.2) is 24.3 Å². The molecule has 1 aromatic carbocycles. The molecule has 1 N–H and O–H groups in total. The largest absolute Gasteiger partial charge is 0.366 e. The quantitative estimate of drug-likeness (QED) is 0.869. The monoisotopic (exact) mass is 231 g/mol. The molecule has 2 heterocycles. The summed E-state index contributed by atoms with van der Waals surface area (Å²) in [7, 11) is 1.97. The van der Waals surface area contributed by atoms with Crippen LogP contribution < -0.4 is 5.32 Å². The van der Waals surface area contributed by atoms with Crippen LogP contribution >= 0.6 is 0 Å². The molecule has 0 radical (unpaired) electrons. The van der Waals surface area contributed by atoms with Crippen LogP contribution in [-0.2, 0) is 18.4 Å². The summed E-state index contributed by atoms with van der Waals surface area (Å²) < 4.78 is 7.85. The van der Waals surface area contributed by atoms with Crippen molar-refractivity contribution in [3.8, 4) is 0 Å². The lowest BCUT2D eigenvalue weighted by Gasteiger charge is -2.38. The molecule has 0 spiro atoms. The second kappa shape index (κ2) is 3.82. The average molecular weight is 231 g/mol. The van der Waals surface area contributed by atoms with E-state index in [1.807, 2.05) is 23.9 Å². The highest BCUT2D eigenvalue weighted by molar-refractivity contribution is 5.81. The fourth-order valence-electron chi connectivity index (χ4n) is 2.22. The van der Waals surface area contributed by atoms with Gasteiger partial charge < -0.3 is 10.1 Å². The van der Waals surface area contributed by atoms with E-state index in [1.54, 1.807) is 0 Å². The summed E-state index contributed by atoms with van der Waals surface area (Å²) in [6, 6.07) is 8.26. The Kier molecular flexibility index (Phi) is 2.42. The molecule has 0 bridgehead atoms. The first-order valence-corrected chi connectivity index (χ1v) is 5.93. The molecule has 3 rings (SSSR count). The van der Waals surface area contributed by atoms with Gasteiger partial charge in [-0.1, -0.05) is 18.2 Å². The molecule has 1 aromatic heterocycles. The van der Waals surface area contributed by atoms with Crippen molar-refractivity contribution in [3.05, 3.63) is 30.0 Å². The normalized spacial score (nSPS) is 18.2. The Labute approximate surface area is 101 Å². The number of fused-ring (bicyclic) bond motifs is 1. The van der Waals surface area contributed by atoms with Crippen molar-refractivity contribution in [2.75, 3.05) is 13.1 Å². The van der Waals surface area contributed by atoms with E-state index in [0.717, 1.165) is 24.3 Å². The van der Waals surface area contributed by atoms with E-state index in [4.69, 9.17) is 4.74 Å². The summed E-state index contributed by atoms with van der Waals surface area (Å²) in [5, 5.41) is 8.94. The molecule has 0 aliphatic carbocycles. The summed E-state index contributed by atoms with van der Waals surface area (Å²) in [6.07, 6.45) is 0. The number of rotatable bonds is 3. The third-order valence-corrected chi connectivity index (χ3v) is 3.39. The van der Waals surface area contributed by atoms with Crippen molar-refractivity contribution < 1.29 is 4.74 Å². The minimum Gasteiger partial charge on any atom is -0.366 e. The Morgan fingerprint density at radius 2 is 2.18 bits per heavy atom. The highest BCUT2D eigenvalue weighted by Crippen LogP contribution is 2.22. The predicted octanol–water partition coefficient (Wildman–Crippen LogP) is 1.45. The molecule has 4 nitrogen and oxygen atoms in total. The number of aromatic nitrogens is 2. The fourth-order valence-corrected chi connectivity index (χ4v) is 2.22. The van der Waals surface area contributed by atoms with Crippen LogP contribution in [0.25, 0.3) is 10.9 Å². The van der Waals surface area contributed by atoms with Gasteiger partial charge in [-0.3, -0.25) is 4.68 Å². The van der Waals surface area contributed by atoms with E-state index in [0.29, 0.717) is 6.61 Å². The van der Waals surface area contributed by atoms with Gasteiger partial charge in [0.25, 0.3) is 0 Å². The van der Waals surface area contributed by atoms with Gasteiger partial charge in [0.2, 0.25) is 0 Å². The maximum absolute atomic E-state index is 5.93. The average Bonchev–Trinajstić information content (AvgIpc) is 2.62. The van der Waals surface area contributed by atoms with Crippen LogP contribution in [0.3, 0.4) is 0 Å². The van der Waals surface area contributed by atoms with Crippen LogP contribution in [0.2, 0.25) is 0 Å². The van der Waals surface area contributed by atoms with Gasteiger partial charge in [-0.2, -0.15) is 5.10 Å². The summed E-state index contributed by atoms with van der Waals surface area (Å²) in [5.74, 6) is 0. The van der Waals surface area contributed by atoms with Crippen molar-refractivity contribution in [2.45, 2.75) is 19.1 Å². The Hall–Kier alpha value is -1.39. The topological polar surface area (TPSA) is 39.1 Å². The maximum Gasteiger partial charge on any atom is 0.0960 e. The van der Waals surface area contributed by atoms with E-state index in [-0.39, 0.29) is 5.60 Å². The zero-order valence-corrected chi connectivity index (χ0v) is 10.2. The van der Waals surface area contributed by atoms with Crippen molar-refractivity contribution in [3.63, 3.8) is 0 Å². The van der Waals surface area contributed by atoms with E-state index < -0.39 is 0 Å². The Bertz CT molecular complexity index is 543. The minimum absolute atomic E-state index is 0.0153. The molecule has 0 amide bonds. The molecule has 4 heteroatoms. The summed E-state index contributed by atoms with van der Waals surface area (Å²) >= 11 is 0. The first-order chi connectivity index (χ1) is 8.18. The molecular formula is C13H17N3O. The molecule has 1 aliphatic heterocycles. The first-order valence-electron chi connectivity index (χ1n) is 5.93. The predicted molar refractivity (Wildman–Crippen MR) is 66.8 cm³/mol.